The lowest BCUT2D eigenvalue weighted by Crippen LogP contribution is -2.55. The lowest BCUT2D eigenvalue weighted by atomic mass is 9.97. The van der Waals surface area contributed by atoms with Gasteiger partial charge in [-0.3, -0.25) is 4.89 Å². The van der Waals surface area contributed by atoms with Crippen LogP contribution in [0.15, 0.2) is 0 Å². The molecule has 0 saturated carbocycles. The van der Waals surface area contributed by atoms with E-state index in [2.05, 4.69) is 9.78 Å². The molecule has 18 heavy (non-hydrogen) atoms. The standard InChI is InChI=1S/C7H4F7IO3/c8-5(9,6(10,11)7(12,13)14)1-4(15)2-17-18-3(4)16/h1-2H2. The van der Waals surface area contributed by atoms with Gasteiger partial charge in [-0.2, -0.15) is 35.6 Å². The van der Waals surface area contributed by atoms with Gasteiger partial charge in [0, 0.05) is 6.42 Å². The van der Waals surface area contributed by atoms with Gasteiger partial charge in [0.25, 0.3) is 0 Å². The van der Waals surface area contributed by atoms with E-state index in [1.165, 1.54) is 0 Å². The van der Waals surface area contributed by atoms with E-state index in [0.717, 1.165) is 22.6 Å². The van der Waals surface area contributed by atoms with Crippen molar-refractivity contribution in [3.05, 3.63) is 0 Å². The van der Waals surface area contributed by atoms with Gasteiger partial charge in [-0.05, 0) is 0 Å². The van der Waals surface area contributed by atoms with Crippen molar-refractivity contribution in [1.82, 2.24) is 0 Å². The molecular weight excluding hydrogens is 392 g/mol. The fourth-order valence-electron chi connectivity index (χ4n) is 1.10. The van der Waals surface area contributed by atoms with Gasteiger partial charge in [0.1, 0.15) is 6.61 Å². The van der Waals surface area contributed by atoms with E-state index in [0.29, 0.717) is 0 Å². The van der Waals surface area contributed by atoms with Gasteiger partial charge in [0.15, 0.2) is 3.42 Å². The Kier molecular flexibility index (Phi) is 3.80. The van der Waals surface area contributed by atoms with Gasteiger partial charge < -0.3 is 0 Å². The molecule has 0 aromatic rings. The number of carbonyl (C=O) groups is 1. The van der Waals surface area contributed by atoms with E-state index in [9.17, 15) is 35.5 Å². The summed E-state index contributed by atoms with van der Waals surface area (Å²) < 4.78 is 84.5. The summed E-state index contributed by atoms with van der Waals surface area (Å²) in [7, 11) is 0. The van der Waals surface area contributed by atoms with Crippen LogP contribution in [0.5, 0.6) is 0 Å². The third-order valence-corrected chi connectivity index (χ3v) is 3.24. The fourth-order valence-corrected chi connectivity index (χ4v) is 1.80. The second-order valence-corrected chi connectivity index (χ2v) is 5.62. The number of hydrogen-bond acceptors (Lipinski definition) is 3. The first-order valence-electron chi connectivity index (χ1n) is 4.19. The van der Waals surface area contributed by atoms with Gasteiger partial charge >= 0.3 is 24.0 Å². The molecule has 1 aliphatic heterocycles. The minimum absolute atomic E-state index is 0.837. The van der Waals surface area contributed by atoms with Gasteiger partial charge in [-0.25, -0.2) is 4.79 Å². The van der Waals surface area contributed by atoms with Crippen LogP contribution < -0.4 is 0 Å². The molecule has 0 spiro atoms. The van der Waals surface area contributed by atoms with Crippen LogP contribution in [0.1, 0.15) is 6.42 Å². The van der Waals surface area contributed by atoms with E-state index in [1.807, 2.05) is 0 Å². The predicted octanol–water partition coefficient (Wildman–Crippen LogP) is 2.87. The quantitative estimate of drug-likeness (QED) is 0.319. The van der Waals surface area contributed by atoms with Gasteiger partial charge in [0.05, 0.1) is 0 Å². The molecule has 0 aromatic carbocycles. The number of alkyl halides is 8. The van der Waals surface area contributed by atoms with Gasteiger partial charge in [-0.15, -0.1) is 0 Å². The van der Waals surface area contributed by atoms with Crippen molar-refractivity contribution in [2.45, 2.75) is 27.9 Å². The van der Waals surface area contributed by atoms with Crippen molar-refractivity contribution in [2.24, 2.45) is 0 Å². The molecule has 1 saturated heterocycles. The zero-order valence-corrected chi connectivity index (χ0v) is 10.3. The van der Waals surface area contributed by atoms with Crippen LogP contribution in [-0.4, -0.2) is 34.0 Å². The highest BCUT2D eigenvalue weighted by atomic mass is 127. The lowest BCUT2D eigenvalue weighted by molar-refractivity contribution is -0.356. The van der Waals surface area contributed by atoms with Crippen molar-refractivity contribution in [3.63, 3.8) is 0 Å². The van der Waals surface area contributed by atoms with Crippen LogP contribution in [0.4, 0.5) is 30.7 Å². The van der Waals surface area contributed by atoms with Crippen molar-refractivity contribution in [1.29, 1.82) is 0 Å². The van der Waals surface area contributed by atoms with Crippen molar-refractivity contribution in [3.8, 4) is 0 Å². The molecule has 0 aromatic heterocycles. The van der Waals surface area contributed by atoms with Crippen LogP contribution in [-0.2, 0) is 14.6 Å². The normalized spacial score (nSPS) is 26.3. The average Bonchev–Trinajstić information content (AvgIpc) is 2.43. The number of hydrogen-bond donors (Lipinski definition) is 0. The molecular formula is C7H4F7IO3. The molecule has 0 aliphatic carbocycles. The van der Waals surface area contributed by atoms with E-state index in [1.54, 1.807) is 0 Å². The van der Waals surface area contributed by atoms with Crippen molar-refractivity contribution in [2.75, 3.05) is 6.61 Å². The number of rotatable bonds is 3. The minimum atomic E-state index is -6.42. The van der Waals surface area contributed by atoms with Gasteiger partial charge in [0.2, 0.25) is 0 Å². The zero-order valence-electron chi connectivity index (χ0n) is 8.16. The summed E-state index contributed by atoms with van der Waals surface area (Å²) in [6, 6.07) is 0. The van der Waals surface area contributed by atoms with Crippen molar-refractivity contribution < 1.29 is 45.3 Å². The summed E-state index contributed by atoms with van der Waals surface area (Å²) in [5.41, 5.74) is 0. The zero-order chi connectivity index (χ0) is 14.4. The van der Waals surface area contributed by atoms with Crippen LogP contribution in [0.25, 0.3) is 0 Å². The highest BCUT2D eigenvalue weighted by Gasteiger charge is 2.74. The molecule has 11 heteroatoms. The Morgan fingerprint density at radius 1 is 1.17 bits per heavy atom. The van der Waals surface area contributed by atoms with Crippen LogP contribution in [0.2, 0.25) is 0 Å². The molecule has 1 rings (SSSR count). The summed E-state index contributed by atoms with van der Waals surface area (Å²) >= 11 is 1.00. The number of carbonyl (C=O) groups excluding carboxylic acids is 1. The average molecular weight is 396 g/mol. The summed E-state index contributed by atoms with van der Waals surface area (Å²) in [5, 5.41) is 0. The third kappa shape index (κ3) is 2.51. The van der Waals surface area contributed by atoms with Crippen LogP contribution in [0.3, 0.4) is 0 Å². The van der Waals surface area contributed by atoms with Crippen LogP contribution >= 0.6 is 22.6 Å². The summed E-state index contributed by atoms with van der Waals surface area (Å²) in [6.07, 6.45) is -8.47. The largest absolute Gasteiger partial charge is 0.459 e. The Balaban J connectivity index is 2.98. The molecule has 3 nitrogen and oxygen atoms in total. The maximum absolute atomic E-state index is 13.0. The van der Waals surface area contributed by atoms with E-state index in [-0.39, 0.29) is 0 Å². The first kappa shape index (κ1) is 15.7. The molecule has 0 N–H and O–H groups in total. The third-order valence-electron chi connectivity index (χ3n) is 2.11. The molecule has 1 aliphatic rings. The smallest absolute Gasteiger partial charge is 0.297 e. The SMILES string of the molecule is O=C1OOCC1(I)CC(F)(F)C(F)(F)C(F)(F)F. The molecule has 1 heterocycles. The Bertz CT molecular complexity index is 355. The first-order valence-corrected chi connectivity index (χ1v) is 5.26. The fraction of sp³-hybridized carbons (Fsp3) is 0.857. The lowest BCUT2D eigenvalue weighted by Gasteiger charge is -2.30. The highest BCUT2D eigenvalue weighted by molar-refractivity contribution is 14.1. The molecule has 1 atom stereocenters. The van der Waals surface area contributed by atoms with E-state index in [4.69, 9.17) is 0 Å². The molecule has 0 amide bonds. The topological polar surface area (TPSA) is 35.5 Å². The van der Waals surface area contributed by atoms with Crippen LogP contribution in [0, 0.1) is 0 Å². The second kappa shape index (κ2) is 4.35. The second-order valence-electron chi connectivity index (χ2n) is 3.55. The van der Waals surface area contributed by atoms with E-state index < -0.39 is 40.4 Å². The summed E-state index contributed by atoms with van der Waals surface area (Å²) in [6.45, 7) is -0.837. The van der Waals surface area contributed by atoms with Crippen molar-refractivity contribution >= 4 is 28.6 Å². The summed E-state index contributed by atoms with van der Waals surface area (Å²) in [5.74, 6) is -13.1. The highest BCUT2D eigenvalue weighted by Crippen LogP contribution is 2.51. The summed E-state index contributed by atoms with van der Waals surface area (Å²) in [4.78, 5) is 18.7. The first-order chi connectivity index (χ1) is 7.83. The molecule has 106 valence electrons. The Morgan fingerprint density at radius 3 is 2.00 bits per heavy atom. The Labute approximate surface area is 109 Å². The molecule has 1 unspecified atom stereocenters. The molecule has 0 radical (unpaired) electrons. The predicted molar refractivity (Wildman–Crippen MR) is 49.4 cm³/mol. The maximum Gasteiger partial charge on any atom is 0.459 e. The van der Waals surface area contributed by atoms with E-state index >= 15 is 0 Å². The number of halogens is 8. The Hall–Kier alpha value is -0.330. The molecule has 1 fully saturated rings. The minimum Gasteiger partial charge on any atom is -0.297 e. The molecule has 0 bridgehead atoms. The monoisotopic (exact) mass is 396 g/mol. The Morgan fingerprint density at radius 2 is 1.67 bits per heavy atom. The maximum atomic E-state index is 13.0. The van der Waals surface area contributed by atoms with Gasteiger partial charge in [-0.1, -0.05) is 22.6 Å².